The first-order valence-electron chi connectivity index (χ1n) is 9.52. The summed E-state index contributed by atoms with van der Waals surface area (Å²) in [5, 5.41) is 0. The second kappa shape index (κ2) is 11.5. The molecule has 0 radical (unpaired) electrons. The Hall–Kier alpha value is -2.14. The number of hydrogen-bond donors (Lipinski definition) is 0. The van der Waals surface area contributed by atoms with E-state index in [0.29, 0.717) is 19.1 Å². The van der Waals surface area contributed by atoms with E-state index in [1.807, 2.05) is 38.1 Å². The van der Waals surface area contributed by atoms with Gasteiger partial charge in [-0.2, -0.15) is 0 Å². The largest absolute Gasteiger partial charge is 0.494 e. The summed E-state index contributed by atoms with van der Waals surface area (Å²) < 4.78 is 16.8. The second-order valence-electron chi connectivity index (χ2n) is 6.25. The van der Waals surface area contributed by atoms with Crippen molar-refractivity contribution in [2.24, 2.45) is 0 Å². The van der Waals surface area contributed by atoms with Crippen LogP contribution < -0.4 is 9.47 Å². The zero-order valence-corrected chi connectivity index (χ0v) is 16.1. The molecule has 1 heterocycles. The third-order valence-corrected chi connectivity index (χ3v) is 3.96. The van der Waals surface area contributed by atoms with Crippen LogP contribution in [0.25, 0.3) is 11.3 Å². The van der Waals surface area contributed by atoms with Crippen molar-refractivity contribution in [2.45, 2.75) is 52.6 Å². The Balaban J connectivity index is 1.82. The molecule has 0 N–H and O–H groups in total. The first-order valence-corrected chi connectivity index (χ1v) is 9.52. The molecule has 0 saturated heterocycles. The first-order chi connectivity index (χ1) is 12.7. The number of ether oxygens (including phenoxy) is 3. The van der Waals surface area contributed by atoms with E-state index in [9.17, 15) is 0 Å². The van der Waals surface area contributed by atoms with Crippen LogP contribution in [-0.4, -0.2) is 35.9 Å². The molecule has 2 rings (SSSR count). The number of benzene rings is 1. The standard InChI is InChI=1S/C21H30N2O3/c1-4-6-7-8-13-25-19-11-9-18(10-12-19)20-14-23-21(15-22-20)26-16-17(3)24-5-2/h9-12,14-15,17H,4-8,13,16H2,1-3H3. The molecule has 5 heteroatoms. The third-order valence-electron chi connectivity index (χ3n) is 3.96. The molecule has 0 fully saturated rings. The lowest BCUT2D eigenvalue weighted by Crippen LogP contribution is -2.18. The quantitative estimate of drug-likeness (QED) is 0.505. The fourth-order valence-corrected chi connectivity index (χ4v) is 2.52. The van der Waals surface area contributed by atoms with Crippen molar-refractivity contribution in [1.29, 1.82) is 0 Å². The highest BCUT2D eigenvalue weighted by Crippen LogP contribution is 2.21. The minimum atomic E-state index is 0.0380. The topological polar surface area (TPSA) is 53.5 Å². The molecule has 0 spiro atoms. The molecule has 142 valence electrons. The van der Waals surface area contributed by atoms with Crippen molar-refractivity contribution >= 4 is 0 Å². The summed E-state index contributed by atoms with van der Waals surface area (Å²) >= 11 is 0. The van der Waals surface area contributed by atoms with E-state index in [-0.39, 0.29) is 6.10 Å². The molecule has 0 aliphatic carbocycles. The zero-order valence-electron chi connectivity index (χ0n) is 16.1. The van der Waals surface area contributed by atoms with E-state index in [0.717, 1.165) is 30.0 Å². The highest BCUT2D eigenvalue weighted by atomic mass is 16.5. The molecule has 5 nitrogen and oxygen atoms in total. The maximum atomic E-state index is 5.77. The molecule has 1 aromatic heterocycles. The van der Waals surface area contributed by atoms with Gasteiger partial charge in [0.25, 0.3) is 0 Å². The fourth-order valence-electron chi connectivity index (χ4n) is 2.52. The van der Waals surface area contributed by atoms with Gasteiger partial charge in [0.2, 0.25) is 5.88 Å². The lowest BCUT2D eigenvalue weighted by atomic mass is 10.1. The van der Waals surface area contributed by atoms with Crippen molar-refractivity contribution in [1.82, 2.24) is 9.97 Å². The van der Waals surface area contributed by atoms with Crippen molar-refractivity contribution in [3.8, 4) is 22.9 Å². The summed E-state index contributed by atoms with van der Waals surface area (Å²) in [6.45, 7) is 8.06. The Bertz CT molecular complexity index is 614. The predicted octanol–water partition coefficient (Wildman–Crippen LogP) is 4.91. The Morgan fingerprint density at radius 3 is 2.38 bits per heavy atom. The highest BCUT2D eigenvalue weighted by Gasteiger charge is 2.05. The fraction of sp³-hybridized carbons (Fsp3) is 0.524. The Labute approximate surface area is 156 Å². The predicted molar refractivity (Wildman–Crippen MR) is 104 cm³/mol. The molecular formula is C21H30N2O3. The van der Waals surface area contributed by atoms with E-state index < -0.39 is 0 Å². The molecule has 0 bridgehead atoms. The van der Waals surface area contributed by atoms with Gasteiger partial charge in [0.05, 0.1) is 30.8 Å². The van der Waals surface area contributed by atoms with Gasteiger partial charge in [0.15, 0.2) is 0 Å². The van der Waals surface area contributed by atoms with E-state index in [4.69, 9.17) is 14.2 Å². The lowest BCUT2D eigenvalue weighted by molar-refractivity contribution is 0.0388. The minimum absolute atomic E-state index is 0.0380. The van der Waals surface area contributed by atoms with E-state index in [2.05, 4.69) is 16.9 Å². The third kappa shape index (κ3) is 7.00. The van der Waals surface area contributed by atoms with Crippen LogP contribution in [-0.2, 0) is 4.74 Å². The van der Waals surface area contributed by atoms with Gasteiger partial charge in [-0.3, -0.25) is 0 Å². The molecule has 0 aliphatic rings. The molecule has 0 amide bonds. The number of nitrogens with zero attached hydrogens (tertiary/aromatic N) is 2. The number of unbranched alkanes of at least 4 members (excludes halogenated alkanes) is 3. The molecule has 1 unspecified atom stereocenters. The minimum Gasteiger partial charge on any atom is -0.494 e. The van der Waals surface area contributed by atoms with E-state index in [1.165, 1.54) is 19.3 Å². The SMILES string of the molecule is CCCCCCOc1ccc(-c2cnc(OCC(C)OCC)cn2)cc1. The van der Waals surface area contributed by atoms with Gasteiger partial charge >= 0.3 is 0 Å². The Morgan fingerprint density at radius 2 is 1.73 bits per heavy atom. The molecule has 1 aromatic carbocycles. The summed E-state index contributed by atoms with van der Waals surface area (Å²) in [6.07, 6.45) is 8.24. The van der Waals surface area contributed by atoms with Crippen LogP contribution in [0.4, 0.5) is 0 Å². The zero-order chi connectivity index (χ0) is 18.6. The summed E-state index contributed by atoms with van der Waals surface area (Å²) in [7, 11) is 0. The van der Waals surface area contributed by atoms with E-state index >= 15 is 0 Å². The Morgan fingerprint density at radius 1 is 0.923 bits per heavy atom. The van der Waals surface area contributed by atoms with Crippen LogP contribution in [0, 0.1) is 0 Å². The van der Waals surface area contributed by atoms with E-state index in [1.54, 1.807) is 12.4 Å². The average Bonchev–Trinajstić information content (AvgIpc) is 2.67. The van der Waals surface area contributed by atoms with Crippen LogP contribution in [0.1, 0.15) is 46.5 Å². The van der Waals surface area contributed by atoms with Gasteiger partial charge in [-0.15, -0.1) is 0 Å². The van der Waals surface area contributed by atoms with Crippen LogP contribution in [0.2, 0.25) is 0 Å². The molecule has 26 heavy (non-hydrogen) atoms. The summed E-state index contributed by atoms with van der Waals surface area (Å²) in [6, 6.07) is 7.96. The first kappa shape index (κ1) is 20.2. The molecule has 0 saturated carbocycles. The number of aromatic nitrogens is 2. The van der Waals surface area contributed by atoms with Crippen LogP contribution in [0.3, 0.4) is 0 Å². The highest BCUT2D eigenvalue weighted by molar-refractivity contribution is 5.59. The lowest BCUT2D eigenvalue weighted by Gasteiger charge is -2.12. The molecular weight excluding hydrogens is 328 g/mol. The molecule has 2 aromatic rings. The second-order valence-corrected chi connectivity index (χ2v) is 6.25. The maximum Gasteiger partial charge on any atom is 0.232 e. The van der Waals surface area contributed by atoms with Gasteiger partial charge in [-0.1, -0.05) is 26.2 Å². The van der Waals surface area contributed by atoms with Crippen molar-refractivity contribution in [3.05, 3.63) is 36.7 Å². The monoisotopic (exact) mass is 358 g/mol. The van der Waals surface area contributed by atoms with Gasteiger partial charge in [-0.25, -0.2) is 9.97 Å². The van der Waals surface area contributed by atoms with Gasteiger partial charge in [0.1, 0.15) is 12.4 Å². The van der Waals surface area contributed by atoms with Gasteiger partial charge in [0, 0.05) is 12.2 Å². The van der Waals surface area contributed by atoms with Crippen LogP contribution in [0.15, 0.2) is 36.7 Å². The summed E-state index contributed by atoms with van der Waals surface area (Å²) in [5.41, 5.74) is 1.81. The van der Waals surface area contributed by atoms with Crippen LogP contribution in [0.5, 0.6) is 11.6 Å². The molecule has 1 atom stereocenters. The molecule has 0 aliphatic heterocycles. The summed E-state index contributed by atoms with van der Waals surface area (Å²) in [4.78, 5) is 8.75. The number of hydrogen-bond acceptors (Lipinski definition) is 5. The van der Waals surface area contributed by atoms with Gasteiger partial charge < -0.3 is 14.2 Å². The average molecular weight is 358 g/mol. The maximum absolute atomic E-state index is 5.77. The smallest absolute Gasteiger partial charge is 0.232 e. The van der Waals surface area contributed by atoms with Crippen LogP contribution >= 0.6 is 0 Å². The normalized spacial score (nSPS) is 12.0. The Kier molecular flexibility index (Phi) is 8.90. The summed E-state index contributed by atoms with van der Waals surface area (Å²) in [5.74, 6) is 1.40. The van der Waals surface area contributed by atoms with Crippen molar-refractivity contribution in [2.75, 3.05) is 19.8 Å². The number of rotatable bonds is 12. The van der Waals surface area contributed by atoms with Crippen molar-refractivity contribution in [3.63, 3.8) is 0 Å². The van der Waals surface area contributed by atoms with Gasteiger partial charge in [-0.05, 0) is 44.5 Å². The van der Waals surface area contributed by atoms with Crippen molar-refractivity contribution < 1.29 is 14.2 Å².